The maximum atomic E-state index is 12.9. The molecule has 35 heavy (non-hydrogen) atoms. The highest BCUT2D eigenvalue weighted by atomic mass is 16.4. The van der Waals surface area contributed by atoms with Crippen LogP contribution < -0.4 is 0 Å². The lowest BCUT2D eigenvalue weighted by Gasteiger charge is -2.63. The molecule has 0 heterocycles. The number of aliphatic hydroxyl groups excluding tert-OH is 3. The van der Waals surface area contributed by atoms with Crippen molar-refractivity contribution in [3.8, 4) is 0 Å². The third-order valence-corrected chi connectivity index (χ3v) is 12.2. The van der Waals surface area contributed by atoms with Gasteiger partial charge in [-0.3, -0.25) is 4.79 Å². The first-order valence-corrected chi connectivity index (χ1v) is 14.0. The van der Waals surface area contributed by atoms with Crippen molar-refractivity contribution in [2.75, 3.05) is 6.61 Å². The van der Waals surface area contributed by atoms with Gasteiger partial charge in [0.2, 0.25) is 0 Å². The number of hydrogen-bond acceptors (Lipinski definition) is 5. The van der Waals surface area contributed by atoms with Gasteiger partial charge in [-0.2, -0.15) is 0 Å². The summed E-state index contributed by atoms with van der Waals surface area (Å²) in [6.45, 7) is 14.5. The molecule has 4 aliphatic carbocycles. The molecule has 0 spiro atoms. The van der Waals surface area contributed by atoms with Crippen LogP contribution >= 0.6 is 0 Å². The summed E-state index contributed by atoms with van der Waals surface area (Å²) in [5, 5.41) is 41.6. The summed E-state index contributed by atoms with van der Waals surface area (Å²) < 4.78 is 0. The summed E-state index contributed by atoms with van der Waals surface area (Å²) in [4.78, 5) is 12.9. The van der Waals surface area contributed by atoms with Crippen LogP contribution in [0.1, 0.15) is 99.8 Å². The van der Waals surface area contributed by atoms with Crippen LogP contribution in [0.15, 0.2) is 11.6 Å². The minimum absolute atomic E-state index is 0.0382. The normalized spacial score (nSPS) is 46.2. The minimum Gasteiger partial charge on any atom is -0.395 e. The highest BCUT2D eigenvalue weighted by molar-refractivity contribution is 5.86. The topological polar surface area (TPSA) is 98.0 Å². The SMILES string of the molecule is C[C@@H](C[C@@H](O)[C@H](O)C(C)(C)O)[C@@H]1CC[C@]2(C)C3=CC[C@@H]4[C@](C)(CCC(=O)[C@]4(C)CO)[C@H]3CC[C@@]12C. The van der Waals surface area contributed by atoms with Crippen molar-refractivity contribution in [3.05, 3.63) is 11.6 Å². The lowest BCUT2D eigenvalue weighted by molar-refractivity contribution is -0.153. The second kappa shape index (κ2) is 8.64. The molecule has 0 aromatic heterocycles. The van der Waals surface area contributed by atoms with E-state index in [1.165, 1.54) is 0 Å². The van der Waals surface area contributed by atoms with Crippen LogP contribution in [0.5, 0.6) is 0 Å². The minimum atomic E-state index is -1.32. The van der Waals surface area contributed by atoms with Gasteiger partial charge in [0.25, 0.3) is 0 Å². The Morgan fingerprint density at radius 1 is 1.09 bits per heavy atom. The van der Waals surface area contributed by atoms with Crippen molar-refractivity contribution in [2.45, 2.75) is 118 Å². The smallest absolute Gasteiger partial charge is 0.141 e. The highest BCUT2D eigenvalue weighted by Crippen LogP contribution is 2.73. The molecular weight excluding hydrogens is 440 g/mol. The molecule has 4 N–H and O–H groups in total. The summed E-state index contributed by atoms with van der Waals surface area (Å²) in [6, 6.07) is 0. The van der Waals surface area contributed by atoms with Gasteiger partial charge in [0, 0.05) is 6.42 Å². The quantitative estimate of drug-likeness (QED) is 0.406. The number of rotatable bonds is 6. The Bertz CT molecular complexity index is 874. The molecule has 0 aromatic rings. The molecule has 3 saturated carbocycles. The number of fused-ring (bicyclic) bond motifs is 5. The van der Waals surface area contributed by atoms with Crippen LogP contribution in [0.25, 0.3) is 0 Å². The number of aliphatic hydroxyl groups is 4. The van der Waals surface area contributed by atoms with Gasteiger partial charge in [0.15, 0.2) is 0 Å². The van der Waals surface area contributed by atoms with Crippen molar-refractivity contribution in [2.24, 2.45) is 45.3 Å². The van der Waals surface area contributed by atoms with Gasteiger partial charge in [-0.1, -0.05) is 46.3 Å². The van der Waals surface area contributed by atoms with Crippen molar-refractivity contribution in [1.29, 1.82) is 0 Å². The van der Waals surface area contributed by atoms with Gasteiger partial charge < -0.3 is 20.4 Å². The average Bonchev–Trinajstić information content (AvgIpc) is 3.06. The predicted molar refractivity (Wildman–Crippen MR) is 137 cm³/mol. The number of hydrogen-bond donors (Lipinski definition) is 4. The zero-order chi connectivity index (χ0) is 26.2. The van der Waals surface area contributed by atoms with E-state index in [1.54, 1.807) is 19.4 Å². The Balaban J connectivity index is 1.61. The molecule has 0 aliphatic heterocycles. The van der Waals surface area contributed by atoms with E-state index in [0.29, 0.717) is 24.7 Å². The molecular formula is C30H50O5. The van der Waals surface area contributed by atoms with E-state index in [9.17, 15) is 25.2 Å². The van der Waals surface area contributed by atoms with Crippen LogP contribution in [0, 0.1) is 45.3 Å². The molecule has 200 valence electrons. The fourth-order valence-corrected chi connectivity index (χ4v) is 9.64. The lowest BCUT2D eigenvalue weighted by atomic mass is 9.41. The summed E-state index contributed by atoms with van der Waals surface area (Å²) in [5.41, 5.74) is -0.139. The van der Waals surface area contributed by atoms with E-state index < -0.39 is 23.2 Å². The van der Waals surface area contributed by atoms with Crippen LogP contribution in [-0.4, -0.2) is 50.6 Å². The fourth-order valence-electron chi connectivity index (χ4n) is 9.64. The lowest BCUT2D eigenvalue weighted by Crippen LogP contribution is -2.58. The first-order valence-electron chi connectivity index (χ1n) is 14.0. The number of allylic oxidation sites excluding steroid dienone is 2. The summed E-state index contributed by atoms with van der Waals surface area (Å²) in [6.07, 6.45) is 7.67. The first kappa shape index (κ1) is 27.3. The Kier molecular flexibility index (Phi) is 6.74. The summed E-state index contributed by atoms with van der Waals surface area (Å²) in [5.74, 6) is 1.56. The third kappa shape index (κ3) is 3.82. The van der Waals surface area contributed by atoms with E-state index in [0.717, 1.165) is 38.5 Å². The largest absolute Gasteiger partial charge is 0.395 e. The summed E-state index contributed by atoms with van der Waals surface area (Å²) >= 11 is 0. The van der Waals surface area contributed by atoms with Gasteiger partial charge in [-0.05, 0) is 98.7 Å². The summed E-state index contributed by atoms with van der Waals surface area (Å²) in [7, 11) is 0. The first-order chi connectivity index (χ1) is 16.1. The van der Waals surface area contributed by atoms with Gasteiger partial charge >= 0.3 is 0 Å². The van der Waals surface area contributed by atoms with E-state index in [4.69, 9.17) is 0 Å². The molecule has 5 nitrogen and oxygen atoms in total. The van der Waals surface area contributed by atoms with Crippen molar-refractivity contribution >= 4 is 5.78 Å². The highest BCUT2D eigenvalue weighted by Gasteiger charge is 2.65. The van der Waals surface area contributed by atoms with Crippen LogP contribution in [0.3, 0.4) is 0 Å². The Morgan fingerprint density at radius 3 is 2.34 bits per heavy atom. The molecule has 0 radical (unpaired) electrons. The van der Waals surface area contributed by atoms with Gasteiger partial charge in [-0.15, -0.1) is 0 Å². The fraction of sp³-hybridized carbons (Fsp3) is 0.900. The van der Waals surface area contributed by atoms with E-state index in [-0.39, 0.29) is 40.5 Å². The van der Waals surface area contributed by atoms with Crippen molar-refractivity contribution < 1.29 is 25.2 Å². The average molecular weight is 491 g/mol. The monoisotopic (exact) mass is 490 g/mol. The van der Waals surface area contributed by atoms with Crippen LogP contribution in [0.2, 0.25) is 0 Å². The second-order valence-corrected chi connectivity index (χ2v) is 14.3. The Hall–Kier alpha value is -0.750. The number of Topliss-reactive ketones (excluding diaryl/α,β-unsaturated/α-hetero) is 1. The van der Waals surface area contributed by atoms with E-state index >= 15 is 0 Å². The number of carbonyl (C=O) groups is 1. The van der Waals surface area contributed by atoms with E-state index in [1.807, 2.05) is 6.92 Å². The Morgan fingerprint density at radius 2 is 1.74 bits per heavy atom. The zero-order valence-electron chi connectivity index (χ0n) is 23.1. The molecule has 10 atom stereocenters. The van der Waals surface area contributed by atoms with Crippen LogP contribution in [-0.2, 0) is 4.79 Å². The van der Waals surface area contributed by atoms with Gasteiger partial charge in [-0.25, -0.2) is 0 Å². The molecule has 0 aromatic carbocycles. The van der Waals surface area contributed by atoms with Gasteiger partial charge in [0.05, 0.1) is 23.7 Å². The van der Waals surface area contributed by atoms with Crippen molar-refractivity contribution in [3.63, 3.8) is 0 Å². The molecule has 5 heteroatoms. The predicted octanol–water partition coefficient (Wildman–Crippen LogP) is 4.65. The number of carbonyl (C=O) groups excluding carboxylic acids is 1. The van der Waals surface area contributed by atoms with E-state index in [2.05, 4.69) is 33.8 Å². The molecule has 0 bridgehead atoms. The molecule has 0 unspecified atom stereocenters. The molecule has 0 amide bonds. The second-order valence-electron chi connectivity index (χ2n) is 14.3. The van der Waals surface area contributed by atoms with Crippen LogP contribution in [0.4, 0.5) is 0 Å². The molecule has 3 fully saturated rings. The van der Waals surface area contributed by atoms with Gasteiger partial charge in [0.1, 0.15) is 11.9 Å². The zero-order valence-corrected chi connectivity index (χ0v) is 23.1. The Labute approximate surface area is 212 Å². The van der Waals surface area contributed by atoms with Crippen molar-refractivity contribution in [1.82, 2.24) is 0 Å². The third-order valence-electron chi connectivity index (χ3n) is 12.2. The number of ketones is 1. The molecule has 0 saturated heterocycles. The molecule has 4 aliphatic rings. The maximum Gasteiger partial charge on any atom is 0.141 e. The maximum absolute atomic E-state index is 12.9. The standard InChI is InChI=1S/C30H50O5/c1-18(16-22(32)25(34)26(2,3)35)19-10-14-30(7)21-8-9-23-27(4,20(21)11-15-29(19,30)6)13-12-24(33)28(23,5)17-31/h8,18-20,22-23,25,31-32,34-35H,9-17H2,1-7H3/t18-,19-,20-,22+,23+,25-,27+,28+,29-,30+/m0/s1. The molecule has 4 rings (SSSR count).